The van der Waals surface area contributed by atoms with Crippen molar-refractivity contribution in [1.82, 2.24) is 5.43 Å². The van der Waals surface area contributed by atoms with Crippen molar-refractivity contribution < 1.29 is 9.59 Å². The van der Waals surface area contributed by atoms with E-state index < -0.39 is 0 Å². The minimum absolute atomic E-state index is 0.0670. The number of nitrogens with one attached hydrogen (secondary N) is 2. The van der Waals surface area contributed by atoms with Gasteiger partial charge < -0.3 is 5.32 Å². The first-order chi connectivity index (χ1) is 12.1. The van der Waals surface area contributed by atoms with E-state index in [9.17, 15) is 9.59 Å². The maximum Gasteiger partial charge on any atom is 0.271 e. The molecule has 25 heavy (non-hydrogen) atoms. The van der Waals surface area contributed by atoms with E-state index in [1.54, 1.807) is 31.2 Å². The molecule has 0 unspecified atom stereocenters. The molecule has 0 aliphatic carbocycles. The van der Waals surface area contributed by atoms with Crippen molar-refractivity contribution in [1.29, 1.82) is 0 Å². The monoisotopic (exact) mass is 335 g/mol. The summed E-state index contributed by atoms with van der Waals surface area (Å²) in [6.07, 6.45) is 4.17. The highest BCUT2D eigenvalue weighted by molar-refractivity contribution is 5.99. The second-order valence-corrected chi connectivity index (χ2v) is 5.42. The number of allylic oxidation sites excluding steroid dienone is 1. The second-order valence-electron chi connectivity index (χ2n) is 5.42. The van der Waals surface area contributed by atoms with Crippen LogP contribution in [-0.2, 0) is 4.79 Å². The predicted octanol–water partition coefficient (Wildman–Crippen LogP) is 3.85. The number of hydrogen-bond donors (Lipinski definition) is 2. The summed E-state index contributed by atoms with van der Waals surface area (Å²) >= 11 is 0. The Hall–Kier alpha value is -3.21. The Labute approximate surface area is 147 Å². The van der Waals surface area contributed by atoms with Gasteiger partial charge >= 0.3 is 0 Å². The van der Waals surface area contributed by atoms with Crippen LogP contribution < -0.4 is 10.7 Å². The number of amides is 2. The molecule has 0 aliphatic heterocycles. The molecule has 0 saturated heterocycles. The highest BCUT2D eigenvalue weighted by Crippen LogP contribution is 2.10. The number of hydrogen-bond acceptors (Lipinski definition) is 3. The van der Waals surface area contributed by atoms with Crippen molar-refractivity contribution in [2.75, 3.05) is 5.32 Å². The van der Waals surface area contributed by atoms with Crippen molar-refractivity contribution in [3.05, 3.63) is 71.8 Å². The van der Waals surface area contributed by atoms with Gasteiger partial charge in [-0.25, -0.2) is 5.43 Å². The quantitative estimate of drug-likeness (QED) is 0.622. The Bertz CT molecular complexity index is 778. The number of nitrogens with zero attached hydrogens (tertiary/aromatic N) is 1. The third kappa shape index (κ3) is 6.06. The van der Waals surface area contributed by atoms with Gasteiger partial charge in [-0.3, -0.25) is 9.59 Å². The molecule has 5 heteroatoms. The number of benzene rings is 2. The predicted molar refractivity (Wildman–Crippen MR) is 101 cm³/mol. The number of anilines is 1. The van der Waals surface area contributed by atoms with Gasteiger partial charge in [0.05, 0.1) is 5.71 Å². The van der Waals surface area contributed by atoms with Gasteiger partial charge in [0.25, 0.3) is 5.91 Å². The zero-order valence-electron chi connectivity index (χ0n) is 14.3. The van der Waals surface area contributed by atoms with Gasteiger partial charge in [-0.2, -0.15) is 5.10 Å². The lowest BCUT2D eigenvalue weighted by Crippen LogP contribution is -2.18. The van der Waals surface area contributed by atoms with Crippen molar-refractivity contribution in [2.24, 2.45) is 5.10 Å². The highest BCUT2D eigenvalue weighted by atomic mass is 16.2. The van der Waals surface area contributed by atoms with E-state index in [0.29, 0.717) is 23.4 Å². The molecule has 0 bridgehead atoms. The summed E-state index contributed by atoms with van der Waals surface area (Å²) in [5.74, 6) is -0.372. The molecule has 2 aromatic rings. The topological polar surface area (TPSA) is 70.6 Å². The fraction of sp³-hybridized carbons (Fsp3) is 0.150. The Balaban J connectivity index is 1.92. The number of hydrazone groups is 1. The van der Waals surface area contributed by atoms with Crippen molar-refractivity contribution in [2.45, 2.75) is 20.3 Å². The van der Waals surface area contributed by atoms with E-state index in [4.69, 9.17) is 0 Å². The Kier molecular flexibility index (Phi) is 6.65. The van der Waals surface area contributed by atoms with Crippen LogP contribution in [0.1, 0.15) is 36.2 Å². The van der Waals surface area contributed by atoms with E-state index in [1.165, 1.54) is 0 Å². The zero-order valence-corrected chi connectivity index (χ0v) is 14.3. The summed E-state index contributed by atoms with van der Waals surface area (Å²) in [6, 6.07) is 16.5. The van der Waals surface area contributed by atoms with Gasteiger partial charge in [0.1, 0.15) is 0 Å². The summed E-state index contributed by atoms with van der Waals surface area (Å²) in [5, 5.41) is 6.79. The summed E-state index contributed by atoms with van der Waals surface area (Å²) in [7, 11) is 0. The lowest BCUT2D eigenvalue weighted by Gasteiger charge is -2.05. The average molecular weight is 335 g/mol. The Morgan fingerprint density at radius 2 is 1.72 bits per heavy atom. The molecule has 128 valence electrons. The molecule has 0 saturated carbocycles. The van der Waals surface area contributed by atoms with Crippen molar-refractivity contribution in [3.63, 3.8) is 0 Å². The molecule has 0 radical (unpaired) electrons. The molecule has 0 atom stereocenters. The van der Waals surface area contributed by atoms with Crippen LogP contribution >= 0.6 is 0 Å². The van der Waals surface area contributed by atoms with Crippen LogP contribution in [0.3, 0.4) is 0 Å². The smallest absolute Gasteiger partial charge is 0.271 e. The number of carbonyl (C=O) groups is 2. The largest absolute Gasteiger partial charge is 0.326 e. The fourth-order valence-corrected chi connectivity index (χ4v) is 1.98. The lowest BCUT2D eigenvalue weighted by atomic mass is 10.2. The fourth-order valence-electron chi connectivity index (χ4n) is 1.98. The van der Waals surface area contributed by atoms with Crippen LogP contribution in [0.25, 0.3) is 6.08 Å². The van der Waals surface area contributed by atoms with Crippen molar-refractivity contribution in [3.8, 4) is 0 Å². The molecule has 2 rings (SSSR count). The van der Waals surface area contributed by atoms with Gasteiger partial charge in [0, 0.05) is 17.7 Å². The van der Waals surface area contributed by atoms with Gasteiger partial charge in [-0.15, -0.1) is 0 Å². The molecule has 0 fully saturated rings. The molecule has 2 amide bonds. The van der Waals surface area contributed by atoms with Crippen LogP contribution in [-0.4, -0.2) is 17.5 Å². The molecular formula is C20H21N3O2. The standard InChI is InChI=1S/C20H21N3O2/c1-3-19(24)21-18-13-11-17(12-14-18)20(25)23-22-15(2)9-10-16-7-5-4-6-8-16/h4-14H,3H2,1-2H3,(H,21,24)(H,23,25)/b10-9-,22-15-. The van der Waals surface area contributed by atoms with E-state index >= 15 is 0 Å². The summed E-state index contributed by atoms with van der Waals surface area (Å²) in [5.41, 5.74) is 5.40. The first kappa shape index (κ1) is 18.1. The SMILES string of the molecule is CCC(=O)Nc1ccc(C(=O)N/N=C(C)\C=C/c2ccccc2)cc1. The summed E-state index contributed by atoms with van der Waals surface area (Å²) < 4.78 is 0. The number of rotatable bonds is 6. The van der Waals surface area contributed by atoms with E-state index in [2.05, 4.69) is 15.8 Å². The van der Waals surface area contributed by atoms with E-state index in [0.717, 1.165) is 5.56 Å². The lowest BCUT2D eigenvalue weighted by molar-refractivity contribution is -0.115. The molecule has 0 aromatic heterocycles. The van der Waals surface area contributed by atoms with Crippen LogP contribution in [0, 0.1) is 0 Å². The van der Waals surface area contributed by atoms with E-state index in [1.807, 2.05) is 49.4 Å². The third-order valence-electron chi connectivity index (χ3n) is 3.40. The molecule has 0 heterocycles. The van der Waals surface area contributed by atoms with Gasteiger partial charge in [-0.1, -0.05) is 43.3 Å². The zero-order chi connectivity index (χ0) is 18.1. The average Bonchev–Trinajstić information content (AvgIpc) is 2.65. The van der Waals surface area contributed by atoms with Gasteiger partial charge in [0.2, 0.25) is 5.91 Å². The normalized spacial score (nSPS) is 11.4. The molecule has 2 aromatic carbocycles. The van der Waals surface area contributed by atoms with Gasteiger partial charge in [-0.05, 0) is 42.8 Å². The summed E-state index contributed by atoms with van der Waals surface area (Å²) in [4.78, 5) is 23.4. The minimum Gasteiger partial charge on any atom is -0.326 e. The van der Waals surface area contributed by atoms with Crippen molar-refractivity contribution >= 4 is 29.3 Å². The highest BCUT2D eigenvalue weighted by Gasteiger charge is 2.05. The second kappa shape index (κ2) is 9.17. The van der Waals surface area contributed by atoms with Crippen LogP contribution in [0.15, 0.2) is 65.8 Å². The molecule has 0 aliphatic rings. The molecule has 0 spiro atoms. The van der Waals surface area contributed by atoms with Crippen LogP contribution in [0.2, 0.25) is 0 Å². The number of carbonyl (C=O) groups excluding carboxylic acids is 2. The Morgan fingerprint density at radius 3 is 2.36 bits per heavy atom. The van der Waals surface area contributed by atoms with Gasteiger partial charge in [0.15, 0.2) is 0 Å². The molecular weight excluding hydrogens is 314 g/mol. The molecule has 2 N–H and O–H groups in total. The van der Waals surface area contributed by atoms with E-state index in [-0.39, 0.29) is 11.8 Å². The summed E-state index contributed by atoms with van der Waals surface area (Å²) in [6.45, 7) is 3.59. The maximum absolute atomic E-state index is 12.1. The maximum atomic E-state index is 12.1. The van der Waals surface area contributed by atoms with Crippen LogP contribution in [0.4, 0.5) is 5.69 Å². The Morgan fingerprint density at radius 1 is 1.04 bits per heavy atom. The first-order valence-corrected chi connectivity index (χ1v) is 8.06. The third-order valence-corrected chi connectivity index (χ3v) is 3.40. The minimum atomic E-state index is -0.305. The first-order valence-electron chi connectivity index (χ1n) is 8.06. The molecule has 5 nitrogen and oxygen atoms in total. The van der Waals surface area contributed by atoms with Crippen LogP contribution in [0.5, 0.6) is 0 Å².